The second-order valence-electron chi connectivity index (χ2n) is 37.4. The summed E-state index contributed by atoms with van der Waals surface area (Å²) in [5.74, 6) is -24.3. The molecule has 16 atom stereocenters. The molecule has 35 N–H and O–H groups in total. The summed E-state index contributed by atoms with van der Waals surface area (Å²) in [6, 6.07) is -18.4. The Morgan fingerprint density at radius 1 is 0.294 bits per heavy atom. The van der Waals surface area contributed by atoms with Crippen LogP contribution in [0.2, 0.25) is 0 Å². The van der Waals surface area contributed by atoms with E-state index in [1.807, 2.05) is 5.32 Å². The zero-order chi connectivity index (χ0) is 108. The lowest BCUT2D eigenvalue weighted by atomic mass is 10.00. The number of carboxylic acid groups (broad SMARTS) is 3. The predicted octanol–water partition coefficient (Wildman–Crippen LogP) is -2.42. The van der Waals surface area contributed by atoms with Crippen molar-refractivity contribution < 1.29 is 126 Å². The molecule has 0 aliphatic rings. The van der Waals surface area contributed by atoms with Crippen molar-refractivity contribution in [2.75, 3.05) is 26.2 Å². The fourth-order valence-electron chi connectivity index (χ4n) is 15.2. The number of nitrogens with one attached hydrogen (secondary N) is 14. The van der Waals surface area contributed by atoms with E-state index in [2.05, 4.69) is 69.1 Å². The van der Waals surface area contributed by atoms with Gasteiger partial charge in [0.15, 0.2) is 0 Å². The minimum atomic E-state index is -1.95. The molecule has 0 aliphatic heterocycles. The first-order valence-corrected chi connectivity index (χ1v) is 49.8. The highest BCUT2D eigenvalue weighted by atomic mass is 16.4. The van der Waals surface area contributed by atoms with Crippen molar-refractivity contribution in [2.24, 2.45) is 63.6 Å². The fourth-order valence-corrected chi connectivity index (χ4v) is 15.2. The number of hydrogen-bond acceptors (Lipinski definition) is 28. The number of ketones is 1. The van der Waals surface area contributed by atoms with Crippen molar-refractivity contribution in [3.8, 4) is 5.75 Å². The van der Waals surface area contributed by atoms with E-state index in [1.165, 1.54) is 45.0 Å². The Kier molecular flexibility index (Phi) is 65.0. The summed E-state index contributed by atoms with van der Waals surface area (Å²) in [5, 5.41) is 84.0. The number of carbonyl (C=O) groups excluding carboxylic acids is 18. The van der Waals surface area contributed by atoms with Gasteiger partial charge in [-0.05, 0) is 185 Å². The molecule has 143 heavy (non-hydrogen) atoms. The third-order valence-electron chi connectivity index (χ3n) is 23.6. The van der Waals surface area contributed by atoms with Crippen LogP contribution in [0, 0.1) is 17.8 Å². The molecule has 48 heteroatoms. The van der Waals surface area contributed by atoms with Crippen LogP contribution >= 0.6 is 0 Å². The molecule has 17 amide bonds. The monoisotopic (exact) mass is 2030 g/mol. The molecule has 0 unspecified atom stereocenters. The Hall–Kier alpha value is -12.1. The summed E-state index contributed by atoms with van der Waals surface area (Å²) >= 11 is 0. The summed E-state index contributed by atoms with van der Waals surface area (Å²) in [4.78, 5) is 284. The van der Waals surface area contributed by atoms with Gasteiger partial charge in [-0.3, -0.25) is 95.9 Å². The molecule has 1 aromatic rings. The number of carboxylic acids is 3. The number of Topliss-reactive ketones (excluding diaryl/α,β-unsaturated/α-hetero) is 1. The molecule has 0 aromatic heterocycles. The average Bonchev–Trinajstić information content (AvgIpc) is 0.845. The first kappa shape index (κ1) is 129. The van der Waals surface area contributed by atoms with Crippen LogP contribution in [-0.4, -0.2) is 273 Å². The van der Waals surface area contributed by atoms with Crippen LogP contribution in [-0.2, 0) is 107 Å². The third kappa shape index (κ3) is 55.9. The third-order valence-corrected chi connectivity index (χ3v) is 23.6. The largest absolute Gasteiger partial charge is 0.508 e. The molecule has 0 spiro atoms. The maximum absolute atomic E-state index is 14.8. The number of rotatable bonds is 81. The van der Waals surface area contributed by atoms with Gasteiger partial charge >= 0.3 is 17.9 Å². The van der Waals surface area contributed by atoms with Gasteiger partial charge in [0.2, 0.25) is 100 Å². The number of aliphatic hydroxyl groups excluding tert-OH is 1. The van der Waals surface area contributed by atoms with Crippen molar-refractivity contribution in [1.82, 2.24) is 74.4 Å². The number of phenolic OH excluding ortho intramolecular Hbond substituents is 1. The predicted molar refractivity (Wildman–Crippen MR) is 527 cm³/mol. The molecule has 0 radical (unpaired) electrons. The number of aliphatic hydroxyl groups is 1. The Balaban J connectivity index is 3.55. The Labute approximate surface area is 836 Å². The first-order valence-electron chi connectivity index (χ1n) is 49.8. The number of aromatic hydroxyl groups is 1. The van der Waals surface area contributed by atoms with Gasteiger partial charge in [-0.2, -0.15) is 0 Å². The molecule has 48 nitrogen and oxygen atoms in total. The van der Waals surface area contributed by atoms with Crippen LogP contribution in [0.5, 0.6) is 5.75 Å². The molecule has 1 rings (SSSR count). The van der Waals surface area contributed by atoms with E-state index < -0.39 is 284 Å². The summed E-state index contributed by atoms with van der Waals surface area (Å²) in [6.07, 6.45) is 8.83. The zero-order valence-electron chi connectivity index (χ0n) is 84.2. The van der Waals surface area contributed by atoms with Gasteiger partial charge in [0.05, 0.1) is 25.0 Å². The number of hydrogen-bond donors (Lipinski definition) is 27. The number of nitrogens with two attached hydrogens (primary N) is 8. The van der Waals surface area contributed by atoms with Gasteiger partial charge in [0.25, 0.3) is 0 Å². The standard InChI is InChI=1S/C95H164N22O26/c1-54(2)50-68(89(136)114-71(95(142)143)53-78(127)128)111-88(135)67(42-45-77(125)126)108-86(133)65(40-43-73(101)121)110-93(140)80(56(5)6)116-94(141)81(58(8)118)117-82(129)57(7)104-83(130)62(31-23-27-47-97)105-84(131)63(32-24-28-48-98)106-85(132)64(33-25-29-49-99)107-91(138)70(52-75(103)123)113-90(137)69(51-59-36-38-60(119)39-37-59)112-87(134)66(41-44-74(102)122)109-92(139)79(55(3)4)115-76(124)35-21-19-17-15-13-11-9-10-12-14-16-18-20-34-72(120)61(100)30-22-26-46-96/h36-39,54-58,61-71,79-81,118-119H,9-35,40-53,96-100H2,1-8H3,(H2,101,121)(H2,102,122)(H2,103,123)(H,104,130)(H,105,131)(H,106,132)(H,107,138)(H,108,133)(H,109,139)(H,110,140)(H,111,135)(H,112,134)(H,113,137)(H,114,136)(H,115,124)(H,116,141)(H,117,129)(H,125,126)(H,127,128)(H,142,143)/t57-,58+,61-,62+,63-,64+,65+,66-,67-,68+,69+,70-,71-,79+,80-,81+/m0/s1. The van der Waals surface area contributed by atoms with Crippen LogP contribution in [0.3, 0.4) is 0 Å². The van der Waals surface area contributed by atoms with Crippen molar-refractivity contribution in [3.05, 3.63) is 29.8 Å². The number of amides is 17. The number of unbranched alkanes of at least 4 members (excludes halogenated alkanes) is 16. The van der Waals surface area contributed by atoms with Crippen molar-refractivity contribution >= 4 is 124 Å². The Morgan fingerprint density at radius 2 is 0.615 bits per heavy atom. The quantitative estimate of drug-likeness (QED) is 0.0302. The topological polar surface area (TPSA) is 836 Å². The Bertz CT molecular complexity index is 4220. The van der Waals surface area contributed by atoms with Gasteiger partial charge in [-0.1, -0.05) is 131 Å². The summed E-state index contributed by atoms with van der Waals surface area (Å²) in [5.41, 5.74) is 46.1. The van der Waals surface area contributed by atoms with E-state index in [-0.39, 0.29) is 95.4 Å². The highest BCUT2D eigenvalue weighted by molar-refractivity contribution is 6.02. The second-order valence-corrected chi connectivity index (χ2v) is 37.4. The van der Waals surface area contributed by atoms with E-state index in [0.29, 0.717) is 44.2 Å². The number of carbonyl (C=O) groups is 21. The smallest absolute Gasteiger partial charge is 0.326 e. The van der Waals surface area contributed by atoms with Gasteiger partial charge < -0.3 is 146 Å². The molecule has 0 saturated heterocycles. The minimum Gasteiger partial charge on any atom is -0.508 e. The SMILES string of the molecule is CC(C)C[C@@H](NC(=O)[C@H](CCC(=O)O)NC(=O)[C@@H](CCC(N)=O)NC(=O)[C@@H](NC(=O)[C@H](NC(=O)[C@H](C)NC(=O)[C@@H](CCCCN)NC(=O)[C@H](CCCCN)NC(=O)[C@@H](CCCCN)NC(=O)[C@H](CC(N)=O)NC(=O)[C@@H](Cc1ccc(O)cc1)NC(=O)[C@H](CCC(N)=O)NC(=O)[C@H](NC(=O)CCCCCCCCCCCCCCCC(=O)[C@@H](N)CCCCN)C(C)C)[C@@H](C)O)C(C)C)C(=O)N[C@@H](CC(=O)O)C(=O)O. The van der Waals surface area contributed by atoms with Crippen LogP contribution in [0.4, 0.5) is 0 Å². The highest BCUT2D eigenvalue weighted by Crippen LogP contribution is 2.20. The molecule has 0 saturated carbocycles. The zero-order valence-corrected chi connectivity index (χ0v) is 84.2. The maximum atomic E-state index is 14.8. The molecule has 1 aromatic carbocycles. The fraction of sp³-hybridized carbons (Fsp3) is 0.716. The van der Waals surface area contributed by atoms with Gasteiger partial charge in [-0.25, -0.2) is 4.79 Å². The number of benzene rings is 1. The number of aliphatic carboxylic acids is 3. The number of phenols is 1. The summed E-state index contributed by atoms with van der Waals surface area (Å²) in [7, 11) is 0. The maximum Gasteiger partial charge on any atom is 0.326 e. The highest BCUT2D eigenvalue weighted by Gasteiger charge is 2.41. The van der Waals surface area contributed by atoms with Crippen LogP contribution < -0.4 is 120 Å². The normalized spacial score (nSPS) is 14.6. The lowest BCUT2D eigenvalue weighted by molar-refractivity contribution is -0.147. The number of primary amides is 3. The first-order chi connectivity index (χ1) is 67.5. The van der Waals surface area contributed by atoms with Crippen LogP contribution in [0.1, 0.15) is 292 Å². The van der Waals surface area contributed by atoms with Crippen LogP contribution in [0.25, 0.3) is 0 Å². The minimum absolute atomic E-state index is 0.0994. The van der Waals surface area contributed by atoms with Crippen molar-refractivity contribution in [3.63, 3.8) is 0 Å². The van der Waals surface area contributed by atoms with E-state index in [4.69, 9.17) is 45.9 Å². The lowest BCUT2D eigenvalue weighted by Crippen LogP contribution is -2.62. The van der Waals surface area contributed by atoms with E-state index in [0.717, 1.165) is 96.8 Å². The molecular formula is C95H164N22O26. The summed E-state index contributed by atoms with van der Waals surface area (Å²) < 4.78 is 0. The molecule has 810 valence electrons. The van der Waals surface area contributed by atoms with E-state index >= 15 is 0 Å². The lowest BCUT2D eigenvalue weighted by Gasteiger charge is -2.29. The van der Waals surface area contributed by atoms with Gasteiger partial charge in [-0.15, -0.1) is 0 Å². The van der Waals surface area contributed by atoms with Crippen molar-refractivity contribution in [1.29, 1.82) is 0 Å². The second kappa shape index (κ2) is 72.2. The molecule has 0 aliphatic carbocycles. The van der Waals surface area contributed by atoms with E-state index in [9.17, 15) is 126 Å². The van der Waals surface area contributed by atoms with Crippen LogP contribution in [0.15, 0.2) is 24.3 Å². The Morgan fingerprint density at radius 3 is 0.993 bits per heavy atom. The average molecular weight is 2030 g/mol. The molecular weight excluding hydrogens is 1870 g/mol. The van der Waals surface area contributed by atoms with Crippen molar-refractivity contribution in [2.45, 2.75) is 390 Å². The van der Waals surface area contributed by atoms with Gasteiger partial charge in [0.1, 0.15) is 96.1 Å². The van der Waals surface area contributed by atoms with E-state index in [1.54, 1.807) is 27.7 Å². The summed E-state index contributed by atoms with van der Waals surface area (Å²) in [6.45, 7) is 12.6. The molecule has 0 bridgehead atoms. The molecule has 0 fully saturated rings. The molecule has 0 heterocycles. The van der Waals surface area contributed by atoms with Gasteiger partial charge in [0, 0.05) is 38.5 Å².